The average Bonchev–Trinajstić information content (AvgIpc) is 2.43. The first-order valence-corrected chi connectivity index (χ1v) is 4.89. The highest BCUT2D eigenvalue weighted by atomic mass is 15.1. The first kappa shape index (κ1) is 9.06. The van der Waals surface area contributed by atoms with Gasteiger partial charge in [0.2, 0.25) is 5.95 Å². The van der Waals surface area contributed by atoms with Gasteiger partial charge >= 0.3 is 0 Å². The van der Waals surface area contributed by atoms with Gasteiger partial charge in [-0.25, -0.2) is 4.98 Å². The summed E-state index contributed by atoms with van der Waals surface area (Å²) in [5, 5.41) is 0. The number of benzene rings is 1. The summed E-state index contributed by atoms with van der Waals surface area (Å²) < 4.78 is 2.07. The van der Waals surface area contributed by atoms with Crippen LogP contribution in [0.3, 0.4) is 0 Å². The summed E-state index contributed by atoms with van der Waals surface area (Å²) in [6.45, 7) is 5.27. The van der Waals surface area contributed by atoms with E-state index in [0.29, 0.717) is 11.9 Å². The smallest absolute Gasteiger partial charge is 0.201 e. The maximum Gasteiger partial charge on any atom is 0.201 e. The number of nitrogen functional groups attached to an aromatic ring is 1. The maximum absolute atomic E-state index is 5.85. The Hall–Kier alpha value is -1.51. The number of anilines is 1. The molecule has 74 valence electrons. The third-order valence-electron chi connectivity index (χ3n) is 2.23. The fraction of sp³-hybridized carbons (Fsp3) is 0.364. The summed E-state index contributed by atoms with van der Waals surface area (Å²) in [5.41, 5.74) is 7.95. The molecule has 0 saturated carbocycles. The van der Waals surface area contributed by atoms with Crippen molar-refractivity contribution < 1.29 is 0 Å². The zero-order chi connectivity index (χ0) is 10.1. The second-order valence-corrected chi connectivity index (χ2v) is 3.96. The normalized spacial score (nSPS) is 11.4. The van der Waals surface area contributed by atoms with Crippen molar-refractivity contribution in [3.05, 3.63) is 24.3 Å². The lowest BCUT2D eigenvalue weighted by Gasteiger charge is -2.08. The van der Waals surface area contributed by atoms with Gasteiger partial charge in [-0.15, -0.1) is 0 Å². The van der Waals surface area contributed by atoms with Crippen molar-refractivity contribution in [3.63, 3.8) is 0 Å². The summed E-state index contributed by atoms with van der Waals surface area (Å²) in [4.78, 5) is 4.31. The molecule has 0 saturated heterocycles. The Labute approximate surface area is 83.6 Å². The second kappa shape index (κ2) is 3.33. The maximum atomic E-state index is 5.85. The van der Waals surface area contributed by atoms with Gasteiger partial charge in [0.25, 0.3) is 0 Å². The third-order valence-corrected chi connectivity index (χ3v) is 2.23. The molecule has 0 radical (unpaired) electrons. The number of nitrogens with two attached hydrogens (primary N) is 1. The van der Waals surface area contributed by atoms with Gasteiger partial charge in [0.1, 0.15) is 0 Å². The number of hydrogen-bond donors (Lipinski definition) is 1. The molecule has 3 heteroatoms. The average molecular weight is 189 g/mol. The molecule has 0 aliphatic carbocycles. The van der Waals surface area contributed by atoms with E-state index in [1.807, 2.05) is 18.2 Å². The molecule has 1 aromatic carbocycles. The molecule has 1 aromatic heterocycles. The monoisotopic (exact) mass is 189 g/mol. The summed E-state index contributed by atoms with van der Waals surface area (Å²) in [6, 6.07) is 8.04. The standard InChI is InChI=1S/C11H15N3/c1-8(2)7-14-10-6-4-3-5-9(10)13-11(14)12/h3-6,8H,7H2,1-2H3,(H2,12,13). The molecule has 3 nitrogen and oxygen atoms in total. The molecular formula is C11H15N3. The highest BCUT2D eigenvalue weighted by Crippen LogP contribution is 2.18. The largest absolute Gasteiger partial charge is 0.369 e. The molecule has 14 heavy (non-hydrogen) atoms. The molecule has 0 fully saturated rings. The summed E-state index contributed by atoms with van der Waals surface area (Å²) in [5.74, 6) is 1.19. The van der Waals surface area contributed by atoms with Crippen LogP contribution in [-0.4, -0.2) is 9.55 Å². The zero-order valence-corrected chi connectivity index (χ0v) is 8.57. The molecule has 2 N–H and O–H groups in total. The number of rotatable bonds is 2. The van der Waals surface area contributed by atoms with Crippen LogP contribution in [0.1, 0.15) is 13.8 Å². The van der Waals surface area contributed by atoms with Gasteiger partial charge in [0, 0.05) is 6.54 Å². The molecule has 2 aromatic rings. The minimum absolute atomic E-state index is 0.579. The summed E-state index contributed by atoms with van der Waals surface area (Å²) >= 11 is 0. The van der Waals surface area contributed by atoms with E-state index in [4.69, 9.17) is 5.73 Å². The Morgan fingerprint density at radius 1 is 1.36 bits per heavy atom. The van der Waals surface area contributed by atoms with Crippen LogP contribution in [-0.2, 0) is 6.54 Å². The molecule has 1 heterocycles. The van der Waals surface area contributed by atoms with Crippen LogP contribution in [0.15, 0.2) is 24.3 Å². The number of fused-ring (bicyclic) bond motifs is 1. The fourth-order valence-electron chi connectivity index (χ4n) is 1.65. The quantitative estimate of drug-likeness (QED) is 0.787. The molecule has 0 spiro atoms. The van der Waals surface area contributed by atoms with Gasteiger partial charge < -0.3 is 10.3 Å². The minimum Gasteiger partial charge on any atom is -0.369 e. The number of para-hydroxylation sites is 2. The van der Waals surface area contributed by atoms with Crippen molar-refractivity contribution in [2.75, 3.05) is 5.73 Å². The Bertz CT molecular complexity index is 443. The molecule has 0 aliphatic heterocycles. The Kier molecular flexibility index (Phi) is 2.15. The van der Waals surface area contributed by atoms with Gasteiger partial charge in [0.15, 0.2) is 0 Å². The Balaban J connectivity index is 2.56. The lowest BCUT2D eigenvalue weighted by atomic mass is 10.2. The Morgan fingerprint density at radius 2 is 2.07 bits per heavy atom. The molecule has 0 amide bonds. The van der Waals surface area contributed by atoms with Crippen molar-refractivity contribution in [2.45, 2.75) is 20.4 Å². The van der Waals surface area contributed by atoms with Crippen molar-refractivity contribution in [1.29, 1.82) is 0 Å². The van der Waals surface area contributed by atoms with E-state index in [9.17, 15) is 0 Å². The number of nitrogens with zero attached hydrogens (tertiary/aromatic N) is 2. The molecule has 0 unspecified atom stereocenters. The Morgan fingerprint density at radius 3 is 2.79 bits per heavy atom. The first-order valence-electron chi connectivity index (χ1n) is 4.89. The van der Waals surface area contributed by atoms with Gasteiger partial charge in [0.05, 0.1) is 11.0 Å². The molecule has 2 rings (SSSR count). The highest BCUT2D eigenvalue weighted by molar-refractivity contribution is 5.78. The molecular weight excluding hydrogens is 174 g/mol. The SMILES string of the molecule is CC(C)Cn1c(N)nc2ccccc21. The van der Waals surface area contributed by atoms with Crippen LogP contribution in [0.5, 0.6) is 0 Å². The fourth-order valence-corrected chi connectivity index (χ4v) is 1.65. The molecule has 0 atom stereocenters. The van der Waals surface area contributed by atoms with Crippen LogP contribution in [0.4, 0.5) is 5.95 Å². The van der Waals surface area contributed by atoms with E-state index in [1.54, 1.807) is 0 Å². The summed E-state index contributed by atoms with van der Waals surface area (Å²) in [6.07, 6.45) is 0. The second-order valence-electron chi connectivity index (χ2n) is 3.96. The van der Waals surface area contributed by atoms with Crippen LogP contribution in [0.25, 0.3) is 11.0 Å². The predicted molar refractivity (Wildman–Crippen MR) is 59.0 cm³/mol. The van der Waals surface area contributed by atoms with Crippen LogP contribution in [0, 0.1) is 5.92 Å². The third kappa shape index (κ3) is 1.45. The van der Waals surface area contributed by atoms with Crippen molar-refractivity contribution >= 4 is 17.0 Å². The number of imidazole rings is 1. The van der Waals surface area contributed by atoms with E-state index in [2.05, 4.69) is 29.5 Å². The first-order chi connectivity index (χ1) is 6.68. The number of hydrogen-bond acceptors (Lipinski definition) is 2. The highest BCUT2D eigenvalue weighted by Gasteiger charge is 2.07. The van der Waals surface area contributed by atoms with Gasteiger partial charge in [-0.3, -0.25) is 0 Å². The van der Waals surface area contributed by atoms with Gasteiger partial charge in [-0.05, 0) is 18.1 Å². The lowest BCUT2D eigenvalue weighted by molar-refractivity contribution is 0.538. The molecule has 0 aliphatic rings. The predicted octanol–water partition coefficient (Wildman–Crippen LogP) is 2.27. The lowest BCUT2D eigenvalue weighted by Crippen LogP contribution is -2.07. The zero-order valence-electron chi connectivity index (χ0n) is 8.57. The van der Waals surface area contributed by atoms with Crippen molar-refractivity contribution in [3.8, 4) is 0 Å². The van der Waals surface area contributed by atoms with E-state index in [0.717, 1.165) is 17.6 Å². The van der Waals surface area contributed by atoms with Crippen LogP contribution < -0.4 is 5.73 Å². The molecule has 0 bridgehead atoms. The topological polar surface area (TPSA) is 43.8 Å². The van der Waals surface area contributed by atoms with Crippen LogP contribution in [0.2, 0.25) is 0 Å². The van der Waals surface area contributed by atoms with E-state index >= 15 is 0 Å². The summed E-state index contributed by atoms with van der Waals surface area (Å²) in [7, 11) is 0. The van der Waals surface area contributed by atoms with Gasteiger partial charge in [-0.1, -0.05) is 26.0 Å². The minimum atomic E-state index is 0.579. The van der Waals surface area contributed by atoms with Crippen LogP contribution >= 0.6 is 0 Å². The van der Waals surface area contributed by atoms with E-state index < -0.39 is 0 Å². The van der Waals surface area contributed by atoms with Gasteiger partial charge in [-0.2, -0.15) is 0 Å². The van der Waals surface area contributed by atoms with Crippen molar-refractivity contribution in [1.82, 2.24) is 9.55 Å². The van der Waals surface area contributed by atoms with E-state index in [-0.39, 0.29) is 0 Å². The van der Waals surface area contributed by atoms with Crippen molar-refractivity contribution in [2.24, 2.45) is 5.92 Å². The van der Waals surface area contributed by atoms with E-state index in [1.165, 1.54) is 0 Å². The number of aromatic nitrogens is 2.